The quantitative estimate of drug-likeness (QED) is 0.593. The first-order valence-corrected chi connectivity index (χ1v) is 7.54. The molecule has 4 N–H and O–H groups in total. The molecule has 0 aliphatic rings. The number of hydrogen-bond acceptors (Lipinski definition) is 4. The Morgan fingerprint density at radius 3 is 2.61 bits per heavy atom. The molecule has 1 aromatic carbocycles. The first kappa shape index (κ1) is 21.2. The Labute approximate surface area is 143 Å². The molecule has 0 aliphatic carbocycles. The van der Waals surface area contributed by atoms with Crippen molar-refractivity contribution in [2.75, 3.05) is 19.7 Å². The van der Waals surface area contributed by atoms with Crippen LogP contribution in [-0.2, 0) is 9.59 Å². The minimum Gasteiger partial charge on any atom is -0.494 e. The van der Waals surface area contributed by atoms with Gasteiger partial charge in [0.1, 0.15) is 5.75 Å². The standard InChI is InChI=1S/C16H25N3O3.ClH/c1-3-22-15-8-5-4-7-13(15)14(19-12(2)20)11-16(21)18-10-6-9-17;/h4-5,7-8,14H,3,6,9-11,17H2,1-2H3,(H,18,21)(H,19,20);1H. The molecule has 1 unspecified atom stereocenters. The van der Waals surface area contributed by atoms with Crippen molar-refractivity contribution in [2.24, 2.45) is 5.73 Å². The van der Waals surface area contributed by atoms with Gasteiger partial charge in [-0.2, -0.15) is 0 Å². The predicted octanol–water partition coefficient (Wildman–Crippen LogP) is 1.54. The summed E-state index contributed by atoms with van der Waals surface area (Å²) >= 11 is 0. The number of nitrogens with two attached hydrogens (primary N) is 1. The van der Waals surface area contributed by atoms with E-state index in [0.29, 0.717) is 25.4 Å². The maximum Gasteiger partial charge on any atom is 0.222 e. The zero-order valence-electron chi connectivity index (χ0n) is 13.6. The van der Waals surface area contributed by atoms with Crippen LogP contribution in [0, 0.1) is 0 Å². The Kier molecular flexibility index (Phi) is 10.8. The van der Waals surface area contributed by atoms with E-state index in [4.69, 9.17) is 10.5 Å². The van der Waals surface area contributed by atoms with Crippen LogP contribution in [0.2, 0.25) is 0 Å². The number of hydrogen-bond donors (Lipinski definition) is 3. The number of benzene rings is 1. The van der Waals surface area contributed by atoms with E-state index < -0.39 is 6.04 Å². The number of rotatable bonds is 9. The minimum absolute atomic E-state index is 0. The maximum atomic E-state index is 12.0. The van der Waals surface area contributed by atoms with E-state index in [1.54, 1.807) is 0 Å². The van der Waals surface area contributed by atoms with Gasteiger partial charge in [-0.15, -0.1) is 12.4 Å². The van der Waals surface area contributed by atoms with Crippen LogP contribution >= 0.6 is 12.4 Å². The molecule has 1 rings (SSSR count). The molecular formula is C16H26ClN3O3. The van der Waals surface area contributed by atoms with Crippen molar-refractivity contribution < 1.29 is 14.3 Å². The third-order valence-corrected chi connectivity index (χ3v) is 3.06. The normalized spacial score (nSPS) is 11.1. The predicted molar refractivity (Wildman–Crippen MR) is 92.7 cm³/mol. The highest BCUT2D eigenvalue weighted by Gasteiger charge is 2.20. The molecule has 0 heterocycles. The molecule has 1 atom stereocenters. The Hall–Kier alpha value is -1.79. The first-order chi connectivity index (χ1) is 10.6. The summed E-state index contributed by atoms with van der Waals surface area (Å²) in [6.07, 6.45) is 0.889. The van der Waals surface area contributed by atoms with E-state index in [1.165, 1.54) is 6.92 Å². The lowest BCUT2D eigenvalue weighted by atomic mass is 10.0. The van der Waals surface area contributed by atoms with Crippen molar-refractivity contribution in [2.45, 2.75) is 32.7 Å². The number of para-hydroxylation sites is 1. The lowest BCUT2D eigenvalue weighted by Gasteiger charge is -2.21. The van der Waals surface area contributed by atoms with Crippen LogP contribution < -0.4 is 21.1 Å². The fraction of sp³-hybridized carbons (Fsp3) is 0.500. The van der Waals surface area contributed by atoms with E-state index in [2.05, 4.69) is 10.6 Å². The van der Waals surface area contributed by atoms with E-state index in [1.807, 2.05) is 31.2 Å². The average Bonchev–Trinajstić information content (AvgIpc) is 2.47. The molecular weight excluding hydrogens is 318 g/mol. The zero-order chi connectivity index (χ0) is 16.4. The SMILES string of the molecule is CCOc1ccccc1C(CC(=O)NCCCN)NC(C)=O.Cl. The van der Waals surface area contributed by atoms with Crippen LogP contribution in [-0.4, -0.2) is 31.5 Å². The van der Waals surface area contributed by atoms with Crippen molar-refractivity contribution in [3.8, 4) is 5.75 Å². The molecule has 23 heavy (non-hydrogen) atoms. The molecule has 0 spiro atoms. The molecule has 1 aromatic rings. The van der Waals surface area contributed by atoms with E-state index >= 15 is 0 Å². The highest BCUT2D eigenvalue weighted by molar-refractivity contribution is 5.85. The second kappa shape index (κ2) is 11.7. The monoisotopic (exact) mass is 343 g/mol. The summed E-state index contributed by atoms with van der Waals surface area (Å²) in [6, 6.07) is 7.00. The second-order valence-electron chi connectivity index (χ2n) is 4.92. The second-order valence-corrected chi connectivity index (χ2v) is 4.92. The number of amides is 2. The summed E-state index contributed by atoms with van der Waals surface area (Å²) in [6.45, 7) is 4.91. The van der Waals surface area contributed by atoms with Crippen LogP contribution in [0.25, 0.3) is 0 Å². The van der Waals surface area contributed by atoms with Gasteiger partial charge in [0.25, 0.3) is 0 Å². The summed E-state index contributed by atoms with van der Waals surface area (Å²) in [4.78, 5) is 23.4. The summed E-state index contributed by atoms with van der Waals surface area (Å²) in [5.41, 5.74) is 6.20. The number of nitrogens with one attached hydrogen (secondary N) is 2. The number of carbonyl (C=O) groups excluding carboxylic acids is 2. The van der Waals surface area contributed by atoms with Gasteiger partial charge in [0.15, 0.2) is 0 Å². The Bertz CT molecular complexity index is 497. The van der Waals surface area contributed by atoms with Crippen molar-refractivity contribution >= 4 is 24.2 Å². The van der Waals surface area contributed by atoms with Crippen molar-refractivity contribution in [3.05, 3.63) is 29.8 Å². The Balaban J connectivity index is 0.00000484. The molecule has 0 bridgehead atoms. The Morgan fingerprint density at radius 2 is 2.00 bits per heavy atom. The lowest BCUT2D eigenvalue weighted by Crippen LogP contribution is -2.33. The van der Waals surface area contributed by atoms with Crippen LogP contribution in [0.5, 0.6) is 5.75 Å². The Morgan fingerprint density at radius 1 is 1.30 bits per heavy atom. The fourth-order valence-electron chi connectivity index (χ4n) is 2.13. The highest BCUT2D eigenvalue weighted by Crippen LogP contribution is 2.27. The van der Waals surface area contributed by atoms with Gasteiger partial charge in [0, 0.05) is 19.0 Å². The molecule has 0 aliphatic heterocycles. The van der Waals surface area contributed by atoms with Gasteiger partial charge in [0.05, 0.1) is 19.1 Å². The van der Waals surface area contributed by atoms with Gasteiger partial charge in [-0.3, -0.25) is 9.59 Å². The lowest BCUT2D eigenvalue weighted by molar-refractivity contribution is -0.122. The van der Waals surface area contributed by atoms with Crippen molar-refractivity contribution in [3.63, 3.8) is 0 Å². The maximum absolute atomic E-state index is 12.0. The fourth-order valence-corrected chi connectivity index (χ4v) is 2.13. The summed E-state index contributed by atoms with van der Waals surface area (Å²) in [7, 11) is 0. The minimum atomic E-state index is -0.418. The third kappa shape index (κ3) is 7.85. The molecule has 0 aromatic heterocycles. The summed E-state index contributed by atoms with van der Waals surface area (Å²) in [5.74, 6) is 0.364. The summed E-state index contributed by atoms with van der Waals surface area (Å²) in [5, 5.41) is 5.61. The molecule has 7 heteroatoms. The van der Waals surface area contributed by atoms with Crippen LogP contribution in [0.4, 0.5) is 0 Å². The van der Waals surface area contributed by atoms with Gasteiger partial charge in [-0.05, 0) is 26.0 Å². The third-order valence-electron chi connectivity index (χ3n) is 3.06. The van der Waals surface area contributed by atoms with Crippen LogP contribution in [0.3, 0.4) is 0 Å². The van der Waals surface area contributed by atoms with Gasteiger partial charge in [0.2, 0.25) is 11.8 Å². The molecule has 0 saturated heterocycles. The molecule has 6 nitrogen and oxygen atoms in total. The first-order valence-electron chi connectivity index (χ1n) is 7.54. The van der Waals surface area contributed by atoms with Gasteiger partial charge >= 0.3 is 0 Å². The van der Waals surface area contributed by atoms with Gasteiger partial charge in [-0.25, -0.2) is 0 Å². The van der Waals surface area contributed by atoms with E-state index in [9.17, 15) is 9.59 Å². The van der Waals surface area contributed by atoms with Crippen LogP contribution in [0.15, 0.2) is 24.3 Å². The molecule has 2 amide bonds. The molecule has 0 saturated carbocycles. The number of halogens is 1. The molecule has 0 fully saturated rings. The summed E-state index contributed by atoms with van der Waals surface area (Å²) < 4.78 is 5.58. The van der Waals surface area contributed by atoms with E-state index in [0.717, 1.165) is 12.0 Å². The average molecular weight is 344 g/mol. The van der Waals surface area contributed by atoms with Crippen molar-refractivity contribution in [1.82, 2.24) is 10.6 Å². The van der Waals surface area contributed by atoms with Gasteiger partial charge in [-0.1, -0.05) is 18.2 Å². The van der Waals surface area contributed by atoms with E-state index in [-0.39, 0.29) is 30.6 Å². The molecule has 0 radical (unpaired) electrons. The van der Waals surface area contributed by atoms with Gasteiger partial charge < -0.3 is 21.1 Å². The number of carbonyl (C=O) groups is 2. The van der Waals surface area contributed by atoms with Crippen LogP contribution in [0.1, 0.15) is 38.3 Å². The largest absolute Gasteiger partial charge is 0.494 e. The van der Waals surface area contributed by atoms with Crippen molar-refractivity contribution in [1.29, 1.82) is 0 Å². The zero-order valence-corrected chi connectivity index (χ0v) is 14.4. The smallest absolute Gasteiger partial charge is 0.222 e. The topological polar surface area (TPSA) is 93.4 Å². The number of ether oxygens (including phenoxy) is 1. The molecule has 130 valence electrons. The highest BCUT2D eigenvalue weighted by atomic mass is 35.5.